The Balaban J connectivity index is 1.83. The number of carbonyl (C=O) groups excluding carboxylic acids is 2. The summed E-state index contributed by atoms with van der Waals surface area (Å²) in [6.45, 7) is 4.46. The fraction of sp³-hybridized carbons (Fsp3) is 0.412. The Morgan fingerprint density at radius 2 is 2.20 bits per heavy atom. The summed E-state index contributed by atoms with van der Waals surface area (Å²) in [7, 11) is 3.46. The van der Waals surface area contributed by atoms with E-state index in [9.17, 15) is 9.59 Å². The van der Waals surface area contributed by atoms with Crippen molar-refractivity contribution in [1.29, 1.82) is 0 Å². The van der Waals surface area contributed by atoms with Crippen LogP contribution < -0.4 is 5.32 Å². The van der Waals surface area contributed by atoms with E-state index in [0.717, 1.165) is 11.0 Å². The summed E-state index contributed by atoms with van der Waals surface area (Å²) in [5, 5.41) is 4.25. The van der Waals surface area contributed by atoms with Gasteiger partial charge in [-0.2, -0.15) is 0 Å². The van der Waals surface area contributed by atoms with Crippen LogP contribution in [0.3, 0.4) is 0 Å². The van der Waals surface area contributed by atoms with Crippen molar-refractivity contribution in [3.05, 3.63) is 31.2 Å². The van der Waals surface area contributed by atoms with E-state index in [4.69, 9.17) is 0 Å². The van der Waals surface area contributed by atoms with Crippen LogP contribution in [-0.2, 0) is 9.59 Å². The molecule has 0 radical (unpaired) electrons. The number of H-pyrrole nitrogens is 1. The standard InChI is InChI=1S/C17H22N6O2/c1-4-14(24)23-8-11(17(25)22(2)3)7-12(9-23)21-16-13-5-6-18-15(13)19-10-20-16/h4-6,10-12H,1,7-9H2,2-3H3,(H2,18,19,20,21)/t11-,12+/m0/s1. The number of aromatic nitrogens is 3. The molecule has 8 nitrogen and oxygen atoms in total. The van der Waals surface area contributed by atoms with E-state index < -0.39 is 0 Å². The molecule has 8 heteroatoms. The first-order valence-corrected chi connectivity index (χ1v) is 8.16. The molecule has 2 aromatic heterocycles. The van der Waals surface area contributed by atoms with Crippen LogP contribution in [-0.4, -0.2) is 69.8 Å². The molecule has 0 unspecified atom stereocenters. The van der Waals surface area contributed by atoms with Gasteiger partial charge in [0.1, 0.15) is 17.8 Å². The predicted octanol–water partition coefficient (Wildman–Crippen LogP) is 0.861. The molecule has 0 saturated carbocycles. The first-order valence-electron chi connectivity index (χ1n) is 8.16. The van der Waals surface area contributed by atoms with Crippen molar-refractivity contribution in [3.63, 3.8) is 0 Å². The molecule has 132 valence electrons. The molecule has 2 amide bonds. The molecule has 1 fully saturated rings. The number of hydrogen-bond donors (Lipinski definition) is 2. The molecule has 2 aromatic rings. The lowest BCUT2D eigenvalue weighted by atomic mass is 9.92. The number of amides is 2. The molecule has 2 N–H and O–H groups in total. The third-order valence-electron chi connectivity index (χ3n) is 4.42. The quantitative estimate of drug-likeness (QED) is 0.804. The van der Waals surface area contributed by atoms with Gasteiger partial charge in [0.15, 0.2) is 0 Å². The largest absolute Gasteiger partial charge is 0.365 e. The van der Waals surface area contributed by atoms with Crippen molar-refractivity contribution < 1.29 is 9.59 Å². The highest BCUT2D eigenvalue weighted by Crippen LogP contribution is 2.24. The lowest BCUT2D eigenvalue weighted by Crippen LogP contribution is -2.52. The van der Waals surface area contributed by atoms with Crippen molar-refractivity contribution in [2.75, 3.05) is 32.5 Å². The average Bonchev–Trinajstić information content (AvgIpc) is 3.09. The minimum atomic E-state index is -0.256. The summed E-state index contributed by atoms with van der Waals surface area (Å²) < 4.78 is 0. The number of anilines is 1. The average molecular weight is 342 g/mol. The molecule has 1 saturated heterocycles. The minimum Gasteiger partial charge on any atom is -0.365 e. The van der Waals surface area contributed by atoms with Crippen LogP contribution in [0.2, 0.25) is 0 Å². The van der Waals surface area contributed by atoms with Crippen molar-refractivity contribution in [1.82, 2.24) is 24.8 Å². The Bertz CT molecular complexity index is 799. The van der Waals surface area contributed by atoms with Gasteiger partial charge in [-0.1, -0.05) is 6.58 Å². The Hall–Kier alpha value is -2.90. The Labute approximate surface area is 145 Å². The van der Waals surface area contributed by atoms with Gasteiger partial charge >= 0.3 is 0 Å². The van der Waals surface area contributed by atoms with Gasteiger partial charge in [0.2, 0.25) is 11.8 Å². The van der Waals surface area contributed by atoms with E-state index in [1.165, 1.54) is 12.4 Å². The van der Waals surface area contributed by atoms with E-state index >= 15 is 0 Å². The van der Waals surface area contributed by atoms with Gasteiger partial charge in [0.05, 0.1) is 11.3 Å². The molecule has 1 aliphatic heterocycles. The Kier molecular flexibility index (Phi) is 4.69. The van der Waals surface area contributed by atoms with Crippen LogP contribution >= 0.6 is 0 Å². The van der Waals surface area contributed by atoms with Gasteiger partial charge in [-0.15, -0.1) is 0 Å². The number of aromatic amines is 1. The second kappa shape index (κ2) is 6.92. The number of piperidine rings is 1. The maximum absolute atomic E-state index is 12.4. The van der Waals surface area contributed by atoms with Crippen molar-refractivity contribution >= 4 is 28.7 Å². The van der Waals surface area contributed by atoms with Crippen LogP contribution in [0.15, 0.2) is 31.2 Å². The molecular formula is C17H22N6O2. The summed E-state index contributed by atoms with van der Waals surface area (Å²) in [4.78, 5) is 39.3. The highest BCUT2D eigenvalue weighted by molar-refractivity contribution is 5.89. The minimum absolute atomic E-state index is 0.0165. The topological polar surface area (TPSA) is 94.2 Å². The maximum Gasteiger partial charge on any atom is 0.246 e. The molecule has 3 rings (SSSR count). The number of nitrogens with zero attached hydrogens (tertiary/aromatic N) is 4. The molecule has 0 spiro atoms. The monoisotopic (exact) mass is 342 g/mol. The maximum atomic E-state index is 12.4. The molecule has 25 heavy (non-hydrogen) atoms. The zero-order valence-electron chi connectivity index (χ0n) is 14.4. The van der Waals surface area contributed by atoms with E-state index in [1.807, 2.05) is 6.07 Å². The first kappa shape index (κ1) is 16.9. The summed E-state index contributed by atoms with van der Waals surface area (Å²) in [5.74, 6) is 0.286. The van der Waals surface area contributed by atoms with Crippen LogP contribution in [0.4, 0.5) is 5.82 Å². The zero-order valence-corrected chi connectivity index (χ0v) is 14.4. The summed E-state index contributed by atoms with van der Waals surface area (Å²) >= 11 is 0. The van der Waals surface area contributed by atoms with Crippen molar-refractivity contribution in [3.8, 4) is 0 Å². The van der Waals surface area contributed by atoms with Gasteiger partial charge in [-0.3, -0.25) is 9.59 Å². The first-order chi connectivity index (χ1) is 12.0. The van der Waals surface area contributed by atoms with E-state index in [2.05, 4.69) is 26.8 Å². The highest BCUT2D eigenvalue weighted by atomic mass is 16.2. The number of rotatable bonds is 4. The molecule has 1 aliphatic rings. The lowest BCUT2D eigenvalue weighted by molar-refractivity contribution is -0.137. The number of carbonyl (C=O) groups is 2. The van der Waals surface area contributed by atoms with E-state index in [-0.39, 0.29) is 23.8 Å². The third kappa shape index (κ3) is 3.47. The number of nitrogens with one attached hydrogen (secondary N) is 2. The van der Waals surface area contributed by atoms with Gasteiger partial charge < -0.3 is 20.1 Å². The van der Waals surface area contributed by atoms with Gasteiger partial charge in [-0.25, -0.2) is 9.97 Å². The fourth-order valence-corrected chi connectivity index (χ4v) is 3.24. The van der Waals surface area contributed by atoms with E-state index in [0.29, 0.717) is 25.3 Å². The number of hydrogen-bond acceptors (Lipinski definition) is 5. The second-order valence-corrected chi connectivity index (χ2v) is 6.42. The third-order valence-corrected chi connectivity index (χ3v) is 4.42. The van der Waals surface area contributed by atoms with Gasteiger partial charge in [0.25, 0.3) is 0 Å². The molecule has 2 atom stereocenters. The number of likely N-dealkylation sites (tertiary alicyclic amines) is 1. The molecule has 0 aliphatic carbocycles. The van der Waals surface area contributed by atoms with E-state index in [1.54, 1.807) is 30.1 Å². The molecule has 3 heterocycles. The summed E-state index contributed by atoms with van der Waals surface area (Å²) in [5.41, 5.74) is 0.744. The zero-order chi connectivity index (χ0) is 18.0. The Morgan fingerprint density at radius 1 is 1.40 bits per heavy atom. The second-order valence-electron chi connectivity index (χ2n) is 6.42. The normalized spacial score (nSPS) is 20.3. The molecular weight excluding hydrogens is 320 g/mol. The smallest absolute Gasteiger partial charge is 0.246 e. The molecule has 0 aromatic carbocycles. The Morgan fingerprint density at radius 3 is 2.92 bits per heavy atom. The van der Waals surface area contributed by atoms with Crippen LogP contribution in [0.1, 0.15) is 6.42 Å². The van der Waals surface area contributed by atoms with Crippen LogP contribution in [0.5, 0.6) is 0 Å². The lowest BCUT2D eigenvalue weighted by Gasteiger charge is -2.38. The van der Waals surface area contributed by atoms with Crippen LogP contribution in [0, 0.1) is 5.92 Å². The SMILES string of the molecule is C=CC(=O)N1C[C@H](Nc2ncnc3[nH]ccc23)C[C@H](C(=O)N(C)C)C1. The highest BCUT2D eigenvalue weighted by Gasteiger charge is 2.34. The van der Waals surface area contributed by atoms with Gasteiger partial charge in [0, 0.05) is 39.4 Å². The van der Waals surface area contributed by atoms with Gasteiger partial charge in [-0.05, 0) is 18.6 Å². The summed E-state index contributed by atoms with van der Waals surface area (Å²) in [6, 6.07) is 1.81. The van der Waals surface area contributed by atoms with Crippen LogP contribution in [0.25, 0.3) is 11.0 Å². The summed E-state index contributed by atoms with van der Waals surface area (Å²) in [6.07, 6.45) is 5.21. The van der Waals surface area contributed by atoms with Crippen molar-refractivity contribution in [2.45, 2.75) is 12.5 Å². The molecule has 0 bridgehead atoms. The fourth-order valence-electron chi connectivity index (χ4n) is 3.24. The predicted molar refractivity (Wildman–Crippen MR) is 94.9 cm³/mol. The van der Waals surface area contributed by atoms with Crippen molar-refractivity contribution in [2.24, 2.45) is 5.92 Å². The number of fused-ring (bicyclic) bond motifs is 1.